The molecule has 0 aliphatic rings. The van der Waals surface area contributed by atoms with Crippen LogP contribution >= 0.6 is 12.2 Å². The zero-order valence-electron chi connectivity index (χ0n) is 20.6. The Morgan fingerprint density at radius 2 is 1.44 bits per heavy atom. The van der Waals surface area contributed by atoms with Gasteiger partial charge in [-0.3, -0.25) is 0 Å². The number of nitrogens with two attached hydrogens (primary N) is 2. The number of rotatable bonds is 8. The highest BCUT2D eigenvalue weighted by atomic mass is 32.1. The summed E-state index contributed by atoms with van der Waals surface area (Å²) >= 11 is 5.41. The number of benzene rings is 2. The van der Waals surface area contributed by atoms with E-state index in [9.17, 15) is 0 Å². The van der Waals surface area contributed by atoms with Crippen LogP contribution in [0.25, 0.3) is 0 Å². The molecule has 0 radical (unpaired) electrons. The Balaban J connectivity index is 2.34. The molecule has 0 fully saturated rings. The van der Waals surface area contributed by atoms with E-state index in [1.165, 1.54) is 16.7 Å². The lowest BCUT2D eigenvalue weighted by Crippen LogP contribution is -2.34. The molecule has 0 amide bonds. The number of nitrogens with zero attached hydrogens (tertiary/aromatic N) is 1. The van der Waals surface area contributed by atoms with E-state index in [1.807, 2.05) is 23.1 Å². The lowest BCUT2D eigenvalue weighted by atomic mass is 9.79. The Kier molecular flexibility index (Phi) is 8.54. The minimum absolute atomic E-state index is 0.0524. The molecule has 0 aromatic heterocycles. The maximum Gasteiger partial charge on any atom is 0.166 e. The smallest absolute Gasteiger partial charge is 0.166 e. The van der Waals surface area contributed by atoms with Crippen LogP contribution < -0.4 is 20.9 Å². The summed E-state index contributed by atoms with van der Waals surface area (Å²) in [6.07, 6.45) is 0. The van der Waals surface area contributed by atoms with Gasteiger partial charge in [0, 0.05) is 19.6 Å². The second-order valence-electron chi connectivity index (χ2n) is 10.2. The number of hydrogen-bond acceptors (Lipinski definition) is 4. The second kappa shape index (κ2) is 10.5. The molecule has 0 aliphatic heterocycles. The van der Waals surface area contributed by atoms with Gasteiger partial charge in [-0.05, 0) is 57.4 Å². The molecule has 0 bridgehead atoms. The first-order chi connectivity index (χ1) is 14.8. The van der Waals surface area contributed by atoms with Crippen molar-refractivity contribution < 1.29 is 9.47 Å². The quantitative estimate of drug-likeness (QED) is 0.551. The van der Waals surface area contributed by atoms with Crippen molar-refractivity contribution in [2.75, 3.05) is 20.3 Å². The van der Waals surface area contributed by atoms with Crippen molar-refractivity contribution in [2.45, 2.75) is 65.5 Å². The summed E-state index contributed by atoms with van der Waals surface area (Å²) in [4.78, 5) is 2.01. The van der Waals surface area contributed by atoms with Gasteiger partial charge >= 0.3 is 0 Å². The molecule has 5 nitrogen and oxygen atoms in total. The molecule has 2 rings (SSSR count). The van der Waals surface area contributed by atoms with Gasteiger partial charge in [-0.2, -0.15) is 0 Å². The molecule has 32 heavy (non-hydrogen) atoms. The Morgan fingerprint density at radius 3 is 1.91 bits per heavy atom. The molecule has 0 unspecified atom stereocenters. The predicted octanol–water partition coefficient (Wildman–Crippen LogP) is 4.87. The first-order valence-corrected chi connectivity index (χ1v) is 11.4. The summed E-state index contributed by atoms with van der Waals surface area (Å²) in [5, 5.41) is 0.367. The van der Waals surface area contributed by atoms with Gasteiger partial charge < -0.3 is 25.8 Å². The van der Waals surface area contributed by atoms with Gasteiger partial charge in [0.05, 0.1) is 7.11 Å². The van der Waals surface area contributed by atoms with Crippen molar-refractivity contribution in [1.82, 2.24) is 4.90 Å². The summed E-state index contributed by atoms with van der Waals surface area (Å²) in [6.45, 7) is 15.5. The van der Waals surface area contributed by atoms with E-state index < -0.39 is 0 Å². The Bertz CT molecular complexity index is 897. The van der Waals surface area contributed by atoms with Crippen LogP contribution in [0.15, 0.2) is 36.4 Å². The minimum atomic E-state index is 0.0524. The highest BCUT2D eigenvalue weighted by molar-refractivity contribution is 7.80. The van der Waals surface area contributed by atoms with Crippen LogP contribution in [-0.4, -0.2) is 30.3 Å². The van der Waals surface area contributed by atoms with Crippen LogP contribution in [0.2, 0.25) is 0 Å². The number of hydrogen-bond donors (Lipinski definition) is 2. The predicted molar refractivity (Wildman–Crippen MR) is 137 cm³/mol. The highest BCUT2D eigenvalue weighted by Crippen LogP contribution is 2.32. The van der Waals surface area contributed by atoms with Crippen molar-refractivity contribution in [2.24, 2.45) is 11.5 Å². The molecular formula is C26H39N3O2S. The molecule has 0 saturated heterocycles. The molecule has 2 aromatic carbocycles. The first-order valence-electron chi connectivity index (χ1n) is 11.0. The minimum Gasteiger partial charge on any atom is -0.493 e. The normalized spacial score (nSPS) is 11.9. The zero-order chi connectivity index (χ0) is 24.1. The molecule has 176 valence electrons. The molecule has 4 N–H and O–H groups in total. The summed E-state index contributed by atoms with van der Waals surface area (Å²) in [7, 11) is 1.63. The average molecular weight is 458 g/mol. The Hall–Kier alpha value is -2.31. The van der Waals surface area contributed by atoms with Gasteiger partial charge in [0.15, 0.2) is 16.6 Å². The third-order valence-electron chi connectivity index (χ3n) is 5.39. The fraction of sp³-hybridized carbons (Fsp3) is 0.500. The molecule has 2 aromatic rings. The van der Waals surface area contributed by atoms with Gasteiger partial charge in [0.25, 0.3) is 0 Å². The van der Waals surface area contributed by atoms with Crippen molar-refractivity contribution in [3.05, 3.63) is 58.7 Å². The summed E-state index contributed by atoms with van der Waals surface area (Å²) in [5.41, 5.74) is 16.6. The first kappa shape index (κ1) is 25.9. The van der Waals surface area contributed by atoms with Gasteiger partial charge in [-0.15, -0.1) is 0 Å². The van der Waals surface area contributed by atoms with Crippen LogP contribution in [0.1, 0.15) is 63.8 Å². The zero-order valence-corrected chi connectivity index (χ0v) is 21.4. The Morgan fingerprint density at radius 1 is 0.875 bits per heavy atom. The standard InChI is InChI=1S/C26H39N3O2S/c1-25(2,3)20-12-19(13-21(15-20)26(4,5)6)17-29(24(28)32)16-18-8-9-22(31-11-10-27)23(14-18)30-7/h8-9,12-15H,10-11,16-17,27H2,1-7H3,(H2,28,32). The fourth-order valence-corrected chi connectivity index (χ4v) is 3.53. The molecule has 0 spiro atoms. The monoisotopic (exact) mass is 457 g/mol. The molecule has 0 aliphatic carbocycles. The van der Waals surface area contributed by atoms with E-state index >= 15 is 0 Å². The fourth-order valence-electron chi connectivity index (χ4n) is 3.40. The van der Waals surface area contributed by atoms with E-state index in [1.54, 1.807) is 7.11 Å². The van der Waals surface area contributed by atoms with E-state index in [4.69, 9.17) is 33.2 Å². The third-order valence-corrected chi connectivity index (χ3v) is 5.65. The van der Waals surface area contributed by atoms with E-state index in [0.29, 0.717) is 42.9 Å². The van der Waals surface area contributed by atoms with E-state index in [2.05, 4.69) is 59.7 Å². The topological polar surface area (TPSA) is 73.7 Å². The molecule has 6 heteroatoms. The summed E-state index contributed by atoms with van der Waals surface area (Å²) in [6, 6.07) is 12.7. The lowest BCUT2D eigenvalue weighted by molar-refractivity contribution is 0.302. The van der Waals surface area contributed by atoms with Crippen LogP contribution in [0, 0.1) is 0 Å². The van der Waals surface area contributed by atoms with Gasteiger partial charge in [-0.25, -0.2) is 0 Å². The second-order valence-corrected chi connectivity index (χ2v) is 10.7. The maximum absolute atomic E-state index is 6.13. The largest absolute Gasteiger partial charge is 0.493 e. The van der Waals surface area contributed by atoms with Crippen LogP contribution in [0.3, 0.4) is 0 Å². The van der Waals surface area contributed by atoms with Crippen molar-refractivity contribution in [3.8, 4) is 11.5 Å². The van der Waals surface area contributed by atoms with Crippen molar-refractivity contribution in [1.29, 1.82) is 0 Å². The third kappa shape index (κ3) is 7.10. The van der Waals surface area contributed by atoms with Crippen LogP contribution in [-0.2, 0) is 23.9 Å². The number of methoxy groups -OCH3 is 1. The maximum atomic E-state index is 6.13. The van der Waals surface area contributed by atoms with Crippen molar-refractivity contribution >= 4 is 17.3 Å². The van der Waals surface area contributed by atoms with E-state index in [0.717, 1.165) is 5.56 Å². The van der Waals surface area contributed by atoms with Gasteiger partial charge in [0.1, 0.15) is 6.61 Å². The molecule has 0 saturated carbocycles. The van der Waals surface area contributed by atoms with Gasteiger partial charge in [-0.1, -0.05) is 65.8 Å². The SMILES string of the molecule is COc1cc(CN(Cc2cc(C(C)(C)C)cc(C(C)(C)C)c2)C(N)=S)ccc1OCCN. The lowest BCUT2D eigenvalue weighted by Gasteiger charge is -2.28. The summed E-state index contributed by atoms with van der Waals surface area (Å²) in [5.74, 6) is 1.35. The van der Waals surface area contributed by atoms with Crippen LogP contribution in [0.5, 0.6) is 11.5 Å². The number of thiocarbonyl (C=S) groups is 1. The van der Waals surface area contributed by atoms with E-state index in [-0.39, 0.29) is 10.8 Å². The van der Waals surface area contributed by atoms with Crippen molar-refractivity contribution in [3.63, 3.8) is 0 Å². The molecule has 0 heterocycles. The molecular weight excluding hydrogens is 418 g/mol. The van der Waals surface area contributed by atoms with Crippen LogP contribution in [0.4, 0.5) is 0 Å². The Labute approximate surface area is 199 Å². The average Bonchev–Trinajstić information content (AvgIpc) is 2.70. The number of ether oxygens (including phenoxy) is 2. The van der Waals surface area contributed by atoms with Gasteiger partial charge in [0.2, 0.25) is 0 Å². The highest BCUT2D eigenvalue weighted by Gasteiger charge is 2.21. The molecule has 0 atom stereocenters. The summed E-state index contributed by atoms with van der Waals surface area (Å²) < 4.78 is 11.2.